The lowest BCUT2D eigenvalue weighted by Gasteiger charge is -2.35. The van der Waals surface area contributed by atoms with Crippen molar-refractivity contribution in [3.63, 3.8) is 0 Å². The third kappa shape index (κ3) is 3.65. The predicted molar refractivity (Wildman–Crippen MR) is 117 cm³/mol. The molecular weight excluding hydrogens is 404 g/mol. The van der Waals surface area contributed by atoms with Crippen LogP contribution in [0, 0.1) is 29.6 Å². The number of piperidine rings is 1. The molecule has 32 heavy (non-hydrogen) atoms. The zero-order chi connectivity index (χ0) is 21.7. The molecule has 4 heterocycles. The van der Waals surface area contributed by atoms with Crippen molar-refractivity contribution in [2.24, 2.45) is 17.8 Å². The van der Waals surface area contributed by atoms with Crippen LogP contribution in [0.1, 0.15) is 30.1 Å². The second-order valence-electron chi connectivity index (χ2n) is 9.12. The third-order valence-corrected chi connectivity index (χ3v) is 6.92. The van der Waals surface area contributed by atoms with E-state index in [1.165, 1.54) is 13.1 Å². The number of aliphatic hydroxyl groups excluding tert-OH is 1. The Balaban J connectivity index is 1.07. The standard InChI is InChI=1S/C25H26N4O3/c1-16(30)25-26-8-9-28(25)11-19-10-24(32-27-19)18-5-2-17(3-6-18)4-7-21-22-12-29(13-23(21)22)20-14-31-15-20/h2-3,5-6,8-10,16,20-23,30H,11-15H2,1H3/t16-,21-,22+,23-/m0/s1. The number of ether oxygens (including phenoxy) is 1. The first-order valence-electron chi connectivity index (χ1n) is 11.2. The van der Waals surface area contributed by atoms with E-state index in [0.717, 1.165) is 47.6 Å². The number of hydrogen-bond acceptors (Lipinski definition) is 6. The smallest absolute Gasteiger partial charge is 0.167 e. The Kier molecular flexibility index (Phi) is 4.87. The van der Waals surface area contributed by atoms with Gasteiger partial charge in [0.2, 0.25) is 0 Å². The van der Waals surface area contributed by atoms with Crippen LogP contribution in [0.25, 0.3) is 11.3 Å². The third-order valence-electron chi connectivity index (χ3n) is 6.92. The van der Waals surface area contributed by atoms with Crippen LogP contribution in [0.4, 0.5) is 0 Å². The first-order valence-corrected chi connectivity index (χ1v) is 11.2. The number of benzene rings is 1. The monoisotopic (exact) mass is 430 g/mol. The molecule has 0 amide bonds. The van der Waals surface area contributed by atoms with E-state index in [2.05, 4.69) is 26.9 Å². The second kappa shape index (κ2) is 7.89. The van der Waals surface area contributed by atoms with Crippen LogP contribution in [-0.2, 0) is 11.3 Å². The Hall–Kier alpha value is -2.92. The Morgan fingerprint density at radius 1 is 1.19 bits per heavy atom. The van der Waals surface area contributed by atoms with E-state index < -0.39 is 6.10 Å². The lowest BCUT2D eigenvalue weighted by molar-refractivity contribution is -0.0612. The van der Waals surface area contributed by atoms with Gasteiger partial charge in [-0.05, 0) is 43.0 Å². The fourth-order valence-electron chi connectivity index (χ4n) is 4.91. The molecule has 0 bridgehead atoms. The number of aliphatic hydroxyl groups is 1. The first kappa shape index (κ1) is 19.7. The summed E-state index contributed by atoms with van der Waals surface area (Å²) < 4.78 is 12.7. The quantitative estimate of drug-likeness (QED) is 0.627. The Bertz CT molecular complexity index is 1150. The number of aromatic nitrogens is 3. The van der Waals surface area contributed by atoms with Crippen molar-refractivity contribution in [3.8, 4) is 23.2 Å². The van der Waals surface area contributed by atoms with E-state index in [0.29, 0.717) is 24.3 Å². The highest BCUT2D eigenvalue weighted by molar-refractivity contribution is 5.59. The van der Waals surface area contributed by atoms with Crippen LogP contribution in [-0.4, -0.2) is 57.1 Å². The minimum atomic E-state index is -0.628. The molecule has 0 unspecified atom stereocenters. The highest BCUT2D eigenvalue weighted by Gasteiger charge is 2.56. The summed E-state index contributed by atoms with van der Waals surface area (Å²) >= 11 is 0. The van der Waals surface area contributed by atoms with Crippen molar-refractivity contribution in [1.29, 1.82) is 0 Å². The molecule has 7 nitrogen and oxygen atoms in total. The highest BCUT2D eigenvalue weighted by atomic mass is 16.5. The molecule has 2 saturated heterocycles. The maximum Gasteiger partial charge on any atom is 0.167 e. The van der Waals surface area contributed by atoms with Gasteiger partial charge in [0.1, 0.15) is 17.6 Å². The first-order chi connectivity index (χ1) is 15.7. The van der Waals surface area contributed by atoms with Gasteiger partial charge in [-0.3, -0.25) is 4.90 Å². The molecule has 0 radical (unpaired) electrons. The molecule has 2 aromatic heterocycles. The fourth-order valence-corrected chi connectivity index (χ4v) is 4.91. The summed E-state index contributed by atoms with van der Waals surface area (Å²) in [6, 6.07) is 10.7. The van der Waals surface area contributed by atoms with Gasteiger partial charge in [0.05, 0.1) is 25.8 Å². The minimum absolute atomic E-state index is 0.502. The molecular formula is C25H26N4O3. The fraction of sp³-hybridized carbons (Fsp3) is 0.440. The lowest BCUT2D eigenvalue weighted by atomic mass is 10.1. The van der Waals surface area contributed by atoms with Crippen LogP contribution in [0.15, 0.2) is 47.2 Å². The van der Waals surface area contributed by atoms with Crippen molar-refractivity contribution < 1.29 is 14.4 Å². The van der Waals surface area contributed by atoms with Crippen LogP contribution in [0.3, 0.4) is 0 Å². The van der Waals surface area contributed by atoms with Crippen LogP contribution >= 0.6 is 0 Å². The molecule has 3 fully saturated rings. The Morgan fingerprint density at radius 3 is 2.66 bits per heavy atom. The molecule has 4 atom stereocenters. The van der Waals surface area contributed by atoms with Crippen LogP contribution < -0.4 is 0 Å². The van der Waals surface area contributed by atoms with E-state index in [1.54, 1.807) is 13.1 Å². The summed E-state index contributed by atoms with van der Waals surface area (Å²) in [6.07, 6.45) is 2.88. The molecule has 1 aromatic carbocycles. The molecule has 6 rings (SSSR count). The van der Waals surface area contributed by atoms with Gasteiger partial charge < -0.3 is 18.9 Å². The average molecular weight is 431 g/mol. The molecule has 0 spiro atoms. The zero-order valence-corrected chi connectivity index (χ0v) is 18.0. The topological polar surface area (TPSA) is 76.6 Å². The summed E-state index contributed by atoms with van der Waals surface area (Å²) in [5.41, 5.74) is 2.78. The largest absolute Gasteiger partial charge is 0.385 e. The van der Waals surface area contributed by atoms with E-state index in [1.807, 2.05) is 41.1 Å². The summed E-state index contributed by atoms with van der Waals surface area (Å²) in [7, 11) is 0. The van der Waals surface area contributed by atoms with Gasteiger partial charge in [-0.2, -0.15) is 0 Å². The molecule has 7 heteroatoms. The molecule has 164 valence electrons. The van der Waals surface area contributed by atoms with Gasteiger partial charge in [0.15, 0.2) is 5.76 Å². The van der Waals surface area contributed by atoms with Crippen LogP contribution in [0.2, 0.25) is 0 Å². The summed E-state index contributed by atoms with van der Waals surface area (Å²) in [4.78, 5) is 6.77. The summed E-state index contributed by atoms with van der Waals surface area (Å²) in [6.45, 7) is 6.38. The van der Waals surface area contributed by atoms with Crippen molar-refractivity contribution >= 4 is 0 Å². The molecule has 2 aliphatic heterocycles. The summed E-state index contributed by atoms with van der Waals surface area (Å²) in [5.74, 6) is 10.2. The number of nitrogens with zero attached hydrogens (tertiary/aromatic N) is 4. The van der Waals surface area contributed by atoms with Crippen molar-refractivity contribution in [3.05, 3.63) is 59.8 Å². The second-order valence-corrected chi connectivity index (χ2v) is 9.12. The molecule has 1 aliphatic carbocycles. The molecule has 3 aliphatic rings. The highest BCUT2D eigenvalue weighted by Crippen LogP contribution is 2.52. The van der Waals surface area contributed by atoms with Gasteiger partial charge in [-0.1, -0.05) is 17.0 Å². The van der Waals surface area contributed by atoms with E-state index >= 15 is 0 Å². The molecule has 3 aromatic rings. The van der Waals surface area contributed by atoms with Crippen molar-refractivity contribution in [2.75, 3.05) is 26.3 Å². The van der Waals surface area contributed by atoms with Gasteiger partial charge in [0.25, 0.3) is 0 Å². The van der Waals surface area contributed by atoms with Crippen LogP contribution in [0.5, 0.6) is 0 Å². The van der Waals surface area contributed by atoms with Crippen molar-refractivity contribution in [1.82, 2.24) is 19.6 Å². The maximum atomic E-state index is 9.81. The minimum Gasteiger partial charge on any atom is -0.385 e. The van der Waals surface area contributed by atoms with E-state index in [-0.39, 0.29) is 0 Å². The number of hydrogen-bond donors (Lipinski definition) is 1. The average Bonchev–Trinajstić information content (AvgIpc) is 3.23. The normalized spacial score (nSPS) is 25.6. The zero-order valence-electron chi connectivity index (χ0n) is 18.0. The van der Waals surface area contributed by atoms with Gasteiger partial charge in [-0.15, -0.1) is 0 Å². The van der Waals surface area contributed by atoms with Crippen molar-refractivity contribution in [2.45, 2.75) is 25.6 Å². The maximum absolute atomic E-state index is 9.81. The molecule has 1 N–H and O–H groups in total. The summed E-state index contributed by atoms with van der Waals surface area (Å²) in [5, 5.41) is 14.0. The number of likely N-dealkylation sites (tertiary alicyclic amines) is 1. The Labute approximate surface area is 187 Å². The lowest BCUT2D eigenvalue weighted by Crippen LogP contribution is -2.48. The van der Waals surface area contributed by atoms with Gasteiger partial charge >= 0.3 is 0 Å². The van der Waals surface area contributed by atoms with Gasteiger partial charge in [0, 0.05) is 48.6 Å². The number of fused-ring (bicyclic) bond motifs is 1. The molecule has 1 saturated carbocycles. The SMILES string of the molecule is C[C@H](O)c1nccn1Cc1cc(-c2ccc(C#C[C@H]3[C@H]4CN(C5COC5)C[C@@H]34)cc2)on1. The number of imidazole rings is 1. The van der Waals surface area contributed by atoms with Gasteiger partial charge in [-0.25, -0.2) is 4.98 Å². The number of rotatable bonds is 5. The predicted octanol–water partition coefficient (Wildman–Crippen LogP) is 2.57. The van der Waals surface area contributed by atoms with E-state index in [4.69, 9.17) is 9.26 Å². The Morgan fingerprint density at radius 2 is 1.97 bits per heavy atom. The van der Waals surface area contributed by atoms with E-state index in [9.17, 15) is 5.11 Å².